The number of unbranched alkanes of at least 4 members (excludes halogenated alkanes) is 23. The second-order valence-electron chi connectivity index (χ2n) is 20.5. The lowest BCUT2D eigenvalue weighted by Gasteiger charge is -2.18. The normalized spacial score (nSPS) is 13.0. The van der Waals surface area contributed by atoms with Crippen LogP contribution in [-0.2, 0) is 28.6 Å². The Bertz CT molecular complexity index is 1650. The molecular weight excluding hydrogens is 949 g/mol. The fourth-order valence-electron chi connectivity index (χ4n) is 8.52. The predicted molar refractivity (Wildman–Crippen MR) is 334 cm³/mol. The third kappa shape index (κ3) is 62.3. The molecule has 0 aromatic carbocycles. The molecule has 0 fully saturated rings. The zero-order valence-corrected chi connectivity index (χ0v) is 49.9. The van der Waals surface area contributed by atoms with Crippen LogP contribution in [-0.4, -0.2) is 37.2 Å². The Kier molecular flexibility index (Phi) is 60.4. The topological polar surface area (TPSA) is 78.9 Å². The average Bonchev–Trinajstić information content (AvgIpc) is 3.43. The number of carbonyl (C=O) groups is 3. The van der Waals surface area contributed by atoms with Crippen LogP contribution in [0.15, 0.2) is 134 Å². The molecule has 6 heteroatoms. The maximum Gasteiger partial charge on any atom is 0.306 e. The Balaban J connectivity index is 4.17. The van der Waals surface area contributed by atoms with Gasteiger partial charge in [0, 0.05) is 19.3 Å². The summed E-state index contributed by atoms with van der Waals surface area (Å²) in [6, 6.07) is 0. The maximum atomic E-state index is 12.8. The van der Waals surface area contributed by atoms with Crippen LogP contribution in [0, 0.1) is 0 Å². The minimum Gasteiger partial charge on any atom is -0.462 e. The Hall–Kier alpha value is -4.45. The fraction of sp³-hybridized carbons (Fsp3) is 0.648. The fourth-order valence-corrected chi connectivity index (χ4v) is 8.52. The number of hydrogen-bond acceptors (Lipinski definition) is 6. The second-order valence-corrected chi connectivity index (χ2v) is 20.5. The van der Waals surface area contributed by atoms with Gasteiger partial charge in [0.1, 0.15) is 13.2 Å². The molecule has 436 valence electrons. The van der Waals surface area contributed by atoms with Gasteiger partial charge in [0.15, 0.2) is 6.10 Å². The van der Waals surface area contributed by atoms with Crippen LogP contribution >= 0.6 is 0 Å². The van der Waals surface area contributed by atoms with Gasteiger partial charge in [-0.15, -0.1) is 0 Å². The molecule has 0 heterocycles. The van der Waals surface area contributed by atoms with E-state index in [1.165, 1.54) is 116 Å². The summed E-state index contributed by atoms with van der Waals surface area (Å²) in [6.45, 7) is 6.21. The van der Waals surface area contributed by atoms with Gasteiger partial charge in [-0.2, -0.15) is 0 Å². The van der Waals surface area contributed by atoms with E-state index < -0.39 is 12.1 Å². The molecule has 0 N–H and O–H groups in total. The molecule has 0 saturated heterocycles. The van der Waals surface area contributed by atoms with Gasteiger partial charge in [-0.25, -0.2) is 0 Å². The zero-order chi connectivity index (χ0) is 55.7. The van der Waals surface area contributed by atoms with Crippen molar-refractivity contribution in [3.8, 4) is 0 Å². The summed E-state index contributed by atoms with van der Waals surface area (Å²) < 4.78 is 16.8. The Morgan fingerprint density at radius 3 is 0.792 bits per heavy atom. The summed E-state index contributed by atoms with van der Waals surface area (Å²) in [5, 5.41) is 0. The first kappa shape index (κ1) is 72.5. The third-order valence-corrected chi connectivity index (χ3v) is 13.1. The molecule has 0 radical (unpaired) electrons. The van der Waals surface area contributed by atoms with Gasteiger partial charge in [-0.05, 0) is 116 Å². The minimum atomic E-state index is -0.830. The number of rotatable bonds is 56. The molecule has 0 bridgehead atoms. The highest BCUT2D eigenvalue weighted by Gasteiger charge is 2.19. The number of ether oxygens (including phenoxy) is 3. The van der Waals surface area contributed by atoms with Crippen molar-refractivity contribution in [3.05, 3.63) is 134 Å². The molecule has 6 nitrogen and oxygen atoms in total. The molecule has 0 aliphatic carbocycles. The zero-order valence-electron chi connectivity index (χ0n) is 49.9. The van der Waals surface area contributed by atoms with Gasteiger partial charge in [0.2, 0.25) is 0 Å². The average molecular weight is 1070 g/mol. The van der Waals surface area contributed by atoms with Crippen LogP contribution in [0.4, 0.5) is 0 Å². The van der Waals surface area contributed by atoms with Crippen LogP contribution in [0.2, 0.25) is 0 Å². The van der Waals surface area contributed by atoms with Crippen LogP contribution in [0.1, 0.15) is 278 Å². The molecule has 0 aliphatic rings. The SMILES string of the molecule is CC/C=C\C/C=C\C/C=C\C/C=C\CCCCCCCCCCCCCCCCCCCCCCC(=O)OCC(COC(=O)CCCCC/C=C\C/C=C\C/C=C\CC)OC(=O)CC/C=C\C/C=C\C/C=C\C/C=C\CC. The van der Waals surface area contributed by atoms with Crippen molar-refractivity contribution in [2.75, 3.05) is 13.2 Å². The first-order valence-electron chi connectivity index (χ1n) is 31.7. The lowest BCUT2D eigenvalue weighted by Crippen LogP contribution is -2.30. The van der Waals surface area contributed by atoms with Crippen LogP contribution in [0.3, 0.4) is 0 Å². The quantitative estimate of drug-likeness (QED) is 0.0261. The summed E-state index contributed by atoms with van der Waals surface area (Å²) in [5.74, 6) is -1.03. The van der Waals surface area contributed by atoms with Crippen molar-refractivity contribution in [2.45, 2.75) is 284 Å². The summed E-state index contributed by atoms with van der Waals surface area (Å²) in [7, 11) is 0. The highest BCUT2D eigenvalue weighted by molar-refractivity contribution is 5.71. The lowest BCUT2D eigenvalue weighted by atomic mass is 10.0. The monoisotopic (exact) mass is 1060 g/mol. The van der Waals surface area contributed by atoms with E-state index >= 15 is 0 Å². The smallest absolute Gasteiger partial charge is 0.306 e. The minimum absolute atomic E-state index is 0.117. The molecule has 0 amide bonds. The van der Waals surface area contributed by atoms with Gasteiger partial charge < -0.3 is 14.2 Å². The van der Waals surface area contributed by atoms with E-state index in [9.17, 15) is 14.4 Å². The van der Waals surface area contributed by atoms with Crippen LogP contribution < -0.4 is 0 Å². The highest BCUT2D eigenvalue weighted by atomic mass is 16.6. The Morgan fingerprint density at radius 2 is 0.494 bits per heavy atom. The summed E-state index contributed by atoms with van der Waals surface area (Å²) >= 11 is 0. The number of hydrogen-bond donors (Lipinski definition) is 0. The van der Waals surface area contributed by atoms with E-state index in [1.807, 2.05) is 12.2 Å². The molecular formula is C71H116O6. The van der Waals surface area contributed by atoms with Crippen molar-refractivity contribution < 1.29 is 28.6 Å². The van der Waals surface area contributed by atoms with Crippen molar-refractivity contribution in [2.24, 2.45) is 0 Å². The molecule has 0 aliphatic heterocycles. The molecule has 0 spiro atoms. The molecule has 1 atom stereocenters. The van der Waals surface area contributed by atoms with Gasteiger partial charge >= 0.3 is 17.9 Å². The van der Waals surface area contributed by atoms with E-state index in [4.69, 9.17) is 14.2 Å². The molecule has 77 heavy (non-hydrogen) atoms. The van der Waals surface area contributed by atoms with E-state index in [0.717, 1.165) is 116 Å². The standard InChI is InChI=1S/C71H116O6/c1-4-7-10-13-16-19-22-25-26-27-28-29-30-31-32-33-34-35-36-37-38-39-40-41-42-43-44-47-49-52-55-58-61-64-70(73)76-67-68(77-71(74)65-62-59-56-53-50-46-24-21-18-15-12-9-6-3)66-75-69(72)63-60-57-54-51-48-45-23-20-17-14-11-8-5-2/h7-12,16-21,25-26,28-29,45-46,48,50,56,59,68H,4-6,13-15,22-24,27,30-44,47,49,51-55,57-58,60-67H2,1-3H3/b10-7-,11-8-,12-9-,19-16-,20-17-,21-18-,26-25-,29-28-,48-45-,50-46-,59-56-. The van der Waals surface area contributed by atoms with E-state index in [0.29, 0.717) is 19.3 Å². The molecule has 0 rings (SSSR count). The van der Waals surface area contributed by atoms with E-state index in [2.05, 4.69) is 142 Å². The number of esters is 3. The Labute approximate surface area is 475 Å². The van der Waals surface area contributed by atoms with Crippen molar-refractivity contribution in [3.63, 3.8) is 0 Å². The van der Waals surface area contributed by atoms with Gasteiger partial charge in [-0.1, -0.05) is 276 Å². The van der Waals surface area contributed by atoms with E-state index in [1.54, 1.807) is 0 Å². The summed E-state index contributed by atoms with van der Waals surface area (Å²) in [6.07, 6.45) is 90.8. The maximum absolute atomic E-state index is 12.8. The number of carbonyl (C=O) groups excluding carboxylic acids is 3. The Morgan fingerprint density at radius 1 is 0.260 bits per heavy atom. The second kappa shape index (κ2) is 64.1. The van der Waals surface area contributed by atoms with E-state index in [-0.39, 0.29) is 31.6 Å². The first-order valence-corrected chi connectivity index (χ1v) is 31.7. The largest absolute Gasteiger partial charge is 0.462 e. The molecule has 0 aromatic heterocycles. The third-order valence-electron chi connectivity index (χ3n) is 13.1. The summed E-state index contributed by atoms with van der Waals surface area (Å²) in [4.78, 5) is 38.1. The van der Waals surface area contributed by atoms with Gasteiger partial charge in [-0.3, -0.25) is 14.4 Å². The number of allylic oxidation sites excluding steroid dienone is 22. The van der Waals surface area contributed by atoms with Gasteiger partial charge in [0.25, 0.3) is 0 Å². The van der Waals surface area contributed by atoms with Gasteiger partial charge in [0.05, 0.1) is 0 Å². The van der Waals surface area contributed by atoms with Crippen molar-refractivity contribution in [1.82, 2.24) is 0 Å². The van der Waals surface area contributed by atoms with Crippen molar-refractivity contribution in [1.29, 1.82) is 0 Å². The summed E-state index contributed by atoms with van der Waals surface area (Å²) in [5.41, 5.74) is 0. The van der Waals surface area contributed by atoms with Crippen LogP contribution in [0.25, 0.3) is 0 Å². The van der Waals surface area contributed by atoms with Crippen LogP contribution in [0.5, 0.6) is 0 Å². The molecule has 0 saturated carbocycles. The molecule has 0 aromatic rings. The van der Waals surface area contributed by atoms with Crippen molar-refractivity contribution >= 4 is 17.9 Å². The molecule has 1 unspecified atom stereocenters. The lowest BCUT2D eigenvalue weighted by molar-refractivity contribution is -0.166. The first-order chi connectivity index (χ1) is 38.0. The predicted octanol–water partition coefficient (Wildman–Crippen LogP) is 21.8. The highest BCUT2D eigenvalue weighted by Crippen LogP contribution is 2.16.